The molecule has 0 aliphatic heterocycles. The average Bonchev–Trinajstić information content (AvgIpc) is 2.77. The fraction of sp³-hybridized carbons (Fsp3) is 0.154. The van der Waals surface area contributed by atoms with Crippen LogP contribution in [0, 0.1) is 18.3 Å². The summed E-state index contributed by atoms with van der Waals surface area (Å²) in [7, 11) is 0. The molecule has 0 fully saturated rings. The van der Waals surface area contributed by atoms with Gasteiger partial charge in [-0.15, -0.1) is 0 Å². The third kappa shape index (κ3) is 6.76. The zero-order valence-electron chi connectivity index (χ0n) is 18.2. The van der Waals surface area contributed by atoms with Crippen LogP contribution in [0.3, 0.4) is 0 Å². The van der Waals surface area contributed by atoms with Crippen molar-refractivity contribution >= 4 is 40.9 Å². The Labute approximate surface area is 203 Å². The molecule has 33 heavy (non-hydrogen) atoms. The maximum atomic E-state index is 12.6. The number of nitriles is 1. The second kappa shape index (κ2) is 11.4. The normalized spacial score (nSPS) is 10.9. The lowest BCUT2D eigenvalue weighted by atomic mass is 10.1. The lowest BCUT2D eigenvalue weighted by molar-refractivity contribution is -0.112. The number of carbonyl (C=O) groups excluding carboxylic acids is 1. The molecule has 0 heterocycles. The van der Waals surface area contributed by atoms with Crippen molar-refractivity contribution in [2.75, 3.05) is 11.9 Å². The number of carbonyl (C=O) groups is 1. The summed E-state index contributed by atoms with van der Waals surface area (Å²) in [5.74, 6) is 0.270. The molecule has 3 aromatic rings. The SMILES string of the molecule is CCOc1cc(/C=C(\C#N)C(=O)Nc2cccc(C)c2)cc(Cl)c1OCc1cccc(Cl)c1. The van der Waals surface area contributed by atoms with Crippen LogP contribution >= 0.6 is 23.2 Å². The molecular formula is C26H22Cl2N2O3. The second-order valence-corrected chi connectivity index (χ2v) is 8.02. The first kappa shape index (κ1) is 24.2. The van der Waals surface area contributed by atoms with Gasteiger partial charge < -0.3 is 14.8 Å². The number of halogens is 2. The monoisotopic (exact) mass is 480 g/mol. The number of nitrogens with zero attached hydrogens (tertiary/aromatic N) is 1. The lowest BCUT2D eigenvalue weighted by Gasteiger charge is -2.15. The van der Waals surface area contributed by atoms with Gasteiger partial charge in [-0.05, 0) is 73.0 Å². The quantitative estimate of drug-likeness (QED) is 0.283. The van der Waals surface area contributed by atoms with Gasteiger partial charge in [0.2, 0.25) is 0 Å². The molecule has 0 atom stereocenters. The van der Waals surface area contributed by atoms with Crippen LogP contribution in [0.4, 0.5) is 5.69 Å². The summed E-state index contributed by atoms with van der Waals surface area (Å²) in [4.78, 5) is 12.6. The van der Waals surface area contributed by atoms with E-state index < -0.39 is 5.91 Å². The summed E-state index contributed by atoms with van der Waals surface area (Å²) < 4.78 is 11.6. The summed E-state index contributed by atoms with van der Waals surface area (Å²) in [5, 5.41) is 13.2. The van der Waals surface area contributed by atoms with Crippen LogP contribution in [0.15, 0.2) is 66.2 Å². The molecule has 0 saturated heterocycles. The fourth-order valence-electron chi connectivity index (χ4n) is 3.09. The first-order valence-electron chi connectivity index (χ1n) is 10.2. The predicted molar refractivity (Wildman–Crippen MR) is 132 cm³/mol. The van der Waals surface area contributed by atoms with Gasteiger partial charge in [0.15, 0.2) is 11.5 Å². The largest absolute Gasteiger partial charge is 0.490 e. The van der Waals surface area contributed by atoms with E-state index in [2.05, 4.69) is 5.32 Å². The van der Waals surface area contributed by atoms with Gasteiger partial charge in [0, 0.05) is 10.7 Å². The summed E-state index contributed by atoms with van der Waals surface area (Å²) in [6, 6.07) is 19.9. The molecule has 5 nitrogen and oxygen atoms in total. The summed E-state index contributed by atoms with van der Waals surface area (Å²) >= 11 is 12.5. The minimum Gasteiger partial charge on any atom is -0.490 e. The Kier molecular flexibility index (Phi) is 8.37. The van der Waals surface area contributed by atoms with Gasteiger partial charge in [0.05, 0.1) is 11.6 Å². The van der Waals surface area contributed by atoms with Crippen LogP contribution in [0.2, 0.25) is 10.0 Å². The molecule has 3 aromatic carbocycles. The fourth-order valence-corrected chi connectivity index (χ4v) is 3.58. The minimum absolute atomic E-state index is 0.0670. The molecule has 1 amide bonds. The highest BCUT2D eigenvalue weighted by Gasteiger charge is 2.15. The zero-order valence-corrected chi connectivity index (χ0v) is 19.7. The van der Waals surface area contributed by atoms with Crippen LogP contribution in [0.1, 0.15) is 23.6 Å². The highest BCUT2D eigenvalue weighted by atomic mass is 35.5. The maximum Gasteiger partial charge on any atom is 0.266 e. The maximum absolute atomic E-state index is 12.6. The van der Waals surface area contributed by atoms with E-state index in [-0.39, 0.29) is 12.2 Å². The number of hydrogen-bond donors (Lipinski definition) is 1. The second-order valence-electron chi connectivity index (χ2n) is 7.18. The van der Waals surface area contributed by atoms with Crippen molar-refractivity contribution < 1.29 is 14.3 Å². The van der Waals surface area contributed by atoms with Gasteiger partial charge >= 0.3 is 0 Å². The van der Waals surface area contributed by atoms with Gasteiger partial charge in [-0.25, -0.2) is 0 Å². The van der Waals surface area contributed by atoms with Crippen LogP contribution in [0.25, 0.3) is 6.08 Å². The number of rotatable bonds is 8. The Hall–Kier alpha value is -3.46. The lowest BCUT2D eigenvalue weighted by Crippen LogP contribution is -2.13. The zero-order chi connectivity index (χ0) is 23.8. The van der Waals surface area contributed by atoms with Crippen molar-refractivity contribution in [3.05, 3.63) is 93.0 Å². The minimum atomic E-state index is -0.515. The van der Waals surface area contributed by atoms with E-state index in [1.165, 1.54) is 6.08 Å². The molecule has 0 aliphatic carbocycles. The number of amides is 1. The van der Waals surface area contributed by atoms with Gasteiger partial charge in [-0.1, -0.05) is 47.5 Å². The summed E-state index contributed by atoms with van der Waals surface area (Å²) in [6.45, 7) is 4.39. The van der Waals surface area contributed by atoms with Gasteiger partial charge in [-0.3, -0.25) is 4.79 Å². The number of nitrogens with one attached hydrogen (secondary N) is 1. The van der Waals surface area contributed by atoms with Crippen molar-refractivity contribution in [3.63, 3.8) is 0 Å². The standard InChI is InChI=1S/C26H22Cl2N2O3/c1-3-32-24-14-19(11-20(15-29)26(31)30-22-9-4-6-17(2)10-22)13-23(28)25(24)33-16-18-7-5-8-21(27)12-18/h4-14H,3,16H2,1-2H3,(H,30,31)/b20-11+. The molecule has 168 valence electrons. The van der Waals surface area contributed by atoms with Gasteiger partial charge in [0.25, 0.3) is 5.91 Å². The highest BCUT2D eigenvalue weighted by Crippen LogP contribution is 2.38. The molecule has 0 saturated carbocycles. The van der Waals surface area contributed by atoms with Gasteiger partial charge in [-0.2, -0.15) is 5.26 Å². The van der Waals surface area contributed by atoms with Crippen LogP contribution < -0.4 is 14.8 Å². The highest BCUT2D eigenvalue weighted by molar-refractivity contribution is 6.32. The first-order valence-corrected chi connectivity index (χ1v) is 11.0. The van der Waals surface area contributed by atoms with Crippen molar-refractivity contribution in [1.29, 1.82) is 5.26 Å². The molecule has 0 radical (unpaired) electrons. The summed E-state index contributed by atoms with van der Waals surface area (Å²) in [5.41, 5.74) is 2.96. The number of benzene rings is 3. The van der Waals surface area contributed by atoms with Crippen molar-refractivity contribution in [2.45, 2.75) is 20.5 Å². The molecule has 0 aliphatic rings. The van der Waals surface area contributed by atoms with Crippen LogP contribution in [-0.2, 0) is 11.4 Å². The third-order valence-electron chi connectivity index (χ3n) is 4.56. The first-order chi connectivity index (χ1) is 15.9. The molecule has 0 bridgehead atoms. The Balaban J connectivity index is 1.85. The molecule has 1 N–H and O–H groups in total. The molecular weight excluding hydrogens is 459 g/mol. The summed E-state index contributed by atoms with van der Waals surface area (Å²) in [6.07, 6.45) is 1.46. The van der Waals surface area contributed by atoms with E-state index in [0.717, 1.165) is 11.1 Å². The van der Waals surface area contributed by atoms with E-state index in [1.807, 2.05) is 50.2 Å². The molecule has 0 unspecified atom stereocenters. The molecule has 0 aromatic heterocycles. The Morgan fingerprint density at radius 3 is 2.58 bits per heavy atom. The third-order valence-corrected chi connectivity index (χ3v) is 5.07. The Morgan fingerprint density at radius 2 is 1.88 bits per heavy atom. The van der Waals surface area contributed by atoms with Crippen molar-refractivity contribution in [2.24, 2.45) is 0 Å². The predicted octanol–water partition coefficient (Wildman–Crippen LogP) is 6.83. The van der Waals surface area contributed by atoms with Gasteiger partial charge in [0.1, 0.15) is 18.2 Å². The van der Waals surface area contributed by atoms with E-state index in [0.29, 0.717) is 39.4 Å². The Morgan fingerprint density at radius 1 is 1.09 bits per heavy atom. The molecule has 7 heteroatoms. The molecule has 3 rings (SSSR count). The van der Waals surface area contributed by atoms with Crippen LogP contribution in [-0.4, -0.2) is 12.5 Å². The number of hydrogen-bond acceptors (Lipinski definition) is 4. The van der Waals surface area contributed by atoms with E-state index in [4.69, 9.17) is 32.7 Å². The van der Waals surface area contributed by atoms with E-state index in [9.17, 15) is 10.1 Å². The number of aryl methyl sites for hydroxylation is 1. The van der Waals surface area contributed by atoms with Crippen molar-refractivity contribution in [1.82, 2.24) is 0 Å². The smallest absolute Gasteiger partial charge is 0.266 e. The van der Waals surface area contributed by atoms with E-state index in [1.54, 1.807) is 30.3 Å². The topological polar surface area (TPSA) is 71.3 Å². The number of anilines is 1. The molecule has 0 spiro atoms. The average molecular weight is 481 g/mol. The van der Waals surface area contributed by atoms with E-state index >= 15 is 0 Å². The number of ether oxygens (including phenoxy) is 2. The van der Waals surface area contributed by atoms with Crippen LogP contribution in [0.5, 0.6) is 11.5 Å². The van der Waals surface area contributed by atoms with Crippen molar-refractivity contribution in [3.8, 4) is 17.6 Å². The Bertz CT molecular complexity index is 1230.